The smallest absolute Gasteiger partial charge is 0.252 e. The Labute approximate surface area is 163 Å². The molecule has 2 aromatic carbocycles. The highest BCUT2D eigenvalue weighted by molar-refractivity contribution is 6.00. The van der Waals surface area contributed by atoms with Crippen molar-refractivity contribution in [3.05, 3.63) is 95.9 Å². The molecule has 0 atom stereocenters. The third-order valence-corrected chi connectivity index (χ3v) is 4.42. The average molecular weight is 369 g/mol. The number of rotatable bonds is 5. The van der Waals surface area contributed by atoms with Crippen LogP contribution in [0.15, 0.2) is 83.7 Å². The minimum atomic E-state index is -0.186. The van der Waals surface area contributed by atoms with Crippen LogP contribution < -0.4 is 5.32 Å². The highest BCUT2D eigenvalue weighted by Crippen LogP contribution is 2.28. The molecule has 5 heteroatoms. The van der Waals surface area contributed by atoms with E-state index in [1.165, 1.54) is 5.56 Å². The summed E-state index contributed by atoms with van der Waals surface area (Å²) in [5.74, 6) is 0.901. The summed E-state index contributed by atoms with van der Waals surface area (Å²) in [5.41, 5.74) is 4.24. The fourth-order valence-electron chi connectivity index (χ4n) is 2.90. The van der Waals surface area contributed by atoms with E-state index in [9.17, 15) is 4.79 Å². The number of aryl methyl sites for hydroxylation is 1. The highest BCUT2D eigenvalue weighted by Gasteiger charge is 2.16. The van der Waals surface area contributed by atoms with E-state index >= 15 is 0 Å². The van der Waals surface area contributed by atoms with Gasteiger partial charge in [-0.3, -0.25) is 9.78 Å². The van der Waals surface area contributed by atoms with Gasteiger partial charge < -0.3 is 9.73 Å². The number of nitrogens with one attached hydrogen (secondary N) is 1. The first-order valence-corrected chi connectivity index (χ1v) is 9.00. The fourth-order valence-corrected chi connectivity index (χ4v) is 2.90. The van der Waals surface area contributed by atoms with Crippen LogP contribution >= 0.6 is 0 Å². The van der Waals surface area contributed by atoms with Crippen molar-refractivity contribution in [2.24, 2.45) is 0 Å². The van der Waals surface area contributed by atoms with Gasteiger partial charge in [0, 0.05) is 30.1 Å². The quantitative estimate of drug-likeness (QED) is 0.556. The van der Waals surface area contributed by atoms with Crippen LogP contribution in [-0.2, 0) is 6.54 Å². The Morgan fingerprint density at radius 3 is 2.61 bits per heavy atom. The maximum atomic E-state index is 12.7. The number of carbonyl (C=O) groups excluding carboxylic acids is 1. The van der Waals surface area contributed by atoms with E-state index in [0.717, 1.165) is 11.1 Å². The van der Waals surface area contributed by atoms with Gasteiger partial charge in [-0.05, 0) is 30.7 Å². The SMILES string of the molecule is Cc1ccc(-c2cnc(-c3ccccc3C(=O)NCc3cccnc3)o2)cc1. The molecule has 0 radical (unpaired) electrons. The van der Waals surface area contributed by atoms with Crippen molar-refractivity contribution < 1.29 is 9.21 Å². The second kappa shape index (κ2) is 7.88. The number of amides is 1. The maximum Gasteiger partial charge on any atom is 0.252 e. The van der Waals surface area contributed by atoms with Crippen molar-refractivity contribution in [2.75, 3.05) is 0 Å². The number of aromatic nitrogens is 2. The molecule has 2 aromatic heterocycles. The Bertz CT molecular complexity index is 1090. The largest absolute Gasteiger partial charge is 0.436 e. The summed E-state index contributed by atoms with van der Waals surface area (Å²) in [4.78, 5) is 21.2. The lowest BCUT2D eigenvalue weighted by atomic mass is 10.1. The molecular weight excluding hydrogens is 350 g/mol. The third kappa shape index (κ3) is 3.83. The van der Waals surface area contributed by atoms with E-state index < -0.39 is 0 Å². The zero-order valence-corrected chi connectivity index (χ0v) is 15.4. The first kappa shape index (κ1) is 17.7. The zero-order valence-electron chi connectivity index (χ0n) is 15.4. The highest BCUT2D eigenvalue weighted by atomic mass is 16.4. The number of hydrogen-bond acceptors (Lipinski definition) is 4. The van der Waals surface area contributed by atoms with E-state index in [-0.39, 0.29) is 5.91 Å². The molecule has 0 aliphatic heterocycles. The Kier molecular flexibility index (Phi) is 4.97. The minimum absolute atomic E-state index is 0.186. The number of hydrogen-bond donors (Lipinski definition) is 1. The van der Waals surface area contributed by atoms with Crippen molar-refractivity contribution in [2.45, 2.75) is 13.5 Å². The Balaban J connectivity index is 1.58. The maximum absolute atomic E-state index is 12.7. The van der Waals surface area contributed by atoms with Crippen LogP contribution in [0.5, 0.6) is 0 Å². The van der Waals surface area contributed by atoms with Gasteiger partial charge in [0.25, 0.3) is 5.91 Å². The number of oxazole rings is 1. The predicted molar refractivity (Wildman–Crippen MR) is 108 cm³/mol. The van der Waals surface area contributed by atoms with Gasteiger partial charge in [0.05, 0.1) is 11.8 Å². The van der Waals surface area contributed by atoms with Crippen molar-refractivity contribution in [1.82, 2.24) is 15.3 Å². The summed E-state index contributed by atoms with van der Waals surface area (Å²) in [6, 6.07) is 19.1. The van der Waals surface area contributed by atoms with Crippen LogP contribution in [0.3, 0.4) is 0 Å². The van der Waals surface area contributed by atoms with Crippen LogP contribution in [0.25, 0.3) is 22.8 Å². The van der Waals surface area contributed by atoms with Crippen molar-refractivity contribution in [3.8, 4) is 22.8 Å². The van der Waals surface area contributed by atoms with Gasteiger partial charge >= 0.3 is 0 Å². The summed E-state index contributed by atoms with van der Waals surface area (Å²) in [5, 5.41) is 2.92. The van der Waals surface area contributed by atoms with E-state index in [4.69, 9.17) is 4.42 Å². The summed E-state index contributed by atoms with van der Waals surface area (Å²) in [6.45, 7) is 2.44. The lowest BCUT2D eigenvalue weighted by molar-refractivity contribution is 0.0951. The number of carbonyl (C=O) groups is 1. The van der Waals surface area contributed by atoms with Crippen molar-refractivity contribution >= 4 is 5.91 Å². The summed E-state index contributed by atoms with van der Waals surface area (Å²) >= 11 is 0. The molecule has 0 fully saturated rings. The molecule has 4 aromatic rings. The predicted octanol–water partition coefficient (Wildman–Crippen LogP) is 4.64. The molecule has 0 saturated heterocycles. The molecule has 138 valence electrons. The molecule has 0 saturated carbocycles. The van der Waals surface area contributed by atoms with Gasteiger partial charge in [-0.15, -0.1) is 0 Å². The van der Waals surface area contributed by atoms with Gasteiger partial charge in [0.15, 0.2) is 5.76 Å². The van der Waals surface area contributed by atoms with Crippen LogP contribution in [0.4, 0.5) is 0 Å². The van der Waals surface area contributed by atoms with Gasteiger partial charge in [0.1, 0.15) is 0 Å². The van der Waals surface area contributed by atoms with E-state index in [1.54, 1.807) is 24.7 Å². The second-order valence-corrected chi connectivity index (χ2v) is 6.49. The van der Waals surface area contributed by atoms with Crippen molar-refractivity contribution in [3.63, 3.8) is 0 Å². The molecule has 1 amide bonds. The van der Waals surface area contributed by atoms with Crippen LogP contribution in [0, 0.1) is 6.92 Å². The number of benzene rings is 2. The molecule has 0 bridgehead atoms. The molecule has 1 N–H and O–H groups in total. The Morgan fingerprint density at radius 2 is 1.82 bits per heavy atom. The fraction of sp³-hybridized carbons (Fsp3) is 0.0870. The molecular formula is C23H19N3O2. The lowest BCUT2D eigenvalue weighted by Gasteiger charge is -2.08. The average Bonchev–Trinajstić information content (AvgIpc) is 3.23. The molecule has 0 unspecified atom stereocenters. The van der Waals surface area contributed by atoms with Gasteiger partial charge in [-0.2, -0.15) is 0 Å². The lowest BCUT2D eigenvalue weighted by Crippen LogP contribution is -2.23. The topological polar surface area (TPSA) is 68.0 Å². The second-order valence-electron chi connectivity index (χ2n) is 6.49. The first-order chi connectivity index (χ1) is 13.7. The van der Waals surface area contributed by atoms with Crippen LogP contribution in [-0.4, -0.2) is 15.9 Å². The Morgan fingerprint density at radius 1 is 1.00 bits per heavy atom. The summed E-state index contributed by atoms with van der Waals surface area (Å²) in [6.07, 6.45) is 5.12. The molecule has 28 heavy (non-hydrogen) atoms. The normalized spacial score (nSPS) is 10.6. The minimum Gasteiger partial charge on any atom is -0.436 e. The molecule has 0 aliphatic rings. The molecule has 2 heterocycles. The number of pyridine rings is 1. The standard InChI is InChI=1S/C23H19N3O2/c1-16-8-10-18(11-9-16)21-15-26-23(28-21)20-7-3-2-6-19(20)22(27)25-14-17-5-4-12-24-13-17/h2-13,15H,14H2,1H3,(H,25,27). The summed E-state index contributed by atoms with van der Waals surface area (Å²) in [7, 11) is 0. The first-order valence-electron chi connectivity index (χ1n) is 9.00. The molecule has 4 rings (SSSR count). The zero-order chi connectivity index (χ0) is 19.3. The van der Waals surface area contributed by atoms with Crippen LogP contribution in [0.2, 0.25) is 0 Å². The Hall–Kier alpha value is -3.73. The molecule has 0 aliphatic carbocycles. The third-order valence-electron chi connectivity index (χ3n) is 4.42. The van der Waals surface area contributed by atoms with Crippen molar-refractivity contribution in [1.29, 1.82) is 0 Å². The summed E-state index contributed by atoms with van der Waals surface area (Å²) < 4.78 is 5.95. The van der Waals surface area contributed by atoms with E-state index in [2.05, 4.69) is 15.3 Å². The van der Waals surface area contributed by atoms with Gasteiger partial charge in [-0.25, -0.2) is 4.98 Å². The molecule has 5 nitrogen and oxygen atoms in total. The monoisotopic (exact) mass is 369 g/mol. The van der Waals surface area contributed by atoms with E-state index in [0.29, 0.717) is 29.3 Å². The molecule has 0 spiro atoms. The van der Waals surface area contributed by atoms with Gasteiger partial charge in [-0.1, -0.05) is 48.0 Å². The number of nitrogens with zero attached hydrogens (tertiary/aromatic N) is 2. The van der Waals surface area contributed by atoms with Crippen LogP contribution in [0.1, 0.15) is 21.5 Å². The van der Waals surface area contributed by atoms with E-state index in [1.807, 2.05) is 61.5 Å². The van der Waals surface area contributed by atoms with Gasteiger partial charge in [0.2, 0.25) is 5.89 Å².